The van der Waals surface area contributed by atoms with Crippen LogP contribution in [-0.2, 0) is 9.59 Å². The molecule has 0 aromatic heterocycles. The number of hydrogen-bond acceptors (Lipinski definition) is 3. The van der Waals surface area contributed by atoms with E-state index in [2.05, 4.69) is 13.2 Å². The largest absolute Gasteiger partial charge is 0.326 e. The number of rotatable bonds is 3. The van der Waals surface area contributed by atoms with Crippen molar-refractivity contribution >= 4 is 11.8 Å². The van der Waals surface area contributed by atoms with Gasteiger partial charge >= 0.3 is 0 Å². The van der Waals surface area contributed by atoms with Crippen LogP contribution in [-0.4, -0.2) is 28.8 Å². The zero-order chi connectivity index (χ0) is 12.2. The minimum atomic E-state index is -0.611. The highest BCUT2D eigenvalue weighted by Gasteiger charge is 2.31. The van der Waals surface area contributed by atoms with E-state index in [1.165, 1.54) is 0 Å². The second-order valence-corrected chi connectivity index (χ2v) is 4.16. The molecule has 2 N–H and O–H groups in total. The van der Waals surface area contributed by atoms with Crippen molar-refractivity contribution < 1.29 is 9.59 Å². The van der Waals surface area contributed by atoms with Gasteiger partial charge in [0.05, 0.1) is 0 Å². The number of nitrogens with zero attached hydrogens (tertiary/aromatic N) is 1. The lowest BCUT2D eigenvalue weighted by Gasteiger charge is -2.33. The summed E-state index contributed by atoms with van der Waals surface area (Å²) in [5, 5.41) is 0. The maximum atomic E-state index is 11.8. The first kappa shape index (κ1) is 13.6. The summed E-state index contributed by atoms with van der Waals surface area (Å²) in [6.45, 7) is 12.2. The van der Waals surface area contributed by atoms with Crippen molar-refractivity contribution in [3.63, 3.8) is 0 Å². The van der Waals surface area contributed by atoms with Crippen molar-refractivity contribution in [1.82, 2.24) is 4.90 Å². The van der Waals surface area contributed by atoms with Crippen LogP contribution in [0.1, 0.15) is 20.8 Å². The van der Waals surface area contributed by atoms with Crippen molar-refractivity contribution in [2.45, 2.75) is 26.3 Å². The van der Waals surface area contributed by atoms with Crippen molar-refractivity contribution in [3.8, 4) is 0 Å². The van der Waals surface area contributed by atoms with Gasteiger partial charge in [-0.2, -0.15) is 0 Å². The van der Waals surface area contributed by atoms with Crippen molar-refractivity contribution in [1.29, 1.82) is 0 Å². The molecule has 0 aromatic carbocycles. The van der Waals surface area contributed by atoms with Gasteiger partial charge in [-0.25, -0.2) is 0 Å². The van der Waals surface area contributed by atoms with Crippen LogP contribution >= 0.6 is 0 Å². The second kappa shape index (κ2) is 4.89. The number of amides is 2. The summed E-state index contributed by atoms with van der Waals surface area (Å²) in [6, 6.07) is 0. The molecule has 84 valence electrons. The first-order chi connectivity index (χ1) is 6.75. The van der Waals surface area contributed by atoms with Gasteiger partial charge in [0.2, 0.25) is 0 Å². The minimum absolute atomic E-state index is 0.0375. The molecule has 0 saturated heterocycles. The third-order valence-electron chi connectivity index (χ3n) is 1.82. The van der Waals surface area contributed by atoms with Gasteiger partial charge in [-0.3, -0.25) is 14.5 Å². The maximum Gasteiger partial charge on any atom is 0.257 e. The highest BCUT2D eigenvalue weighted by atomic mass is 16.2. The fourth-order valence-corrected chi connectivity index (χ4v) is 1.07. The van der Waals surface area contributed by atoms with Crippen molar-refractivity contribution in [2.24, 2.45) is 5.73 Å². The summed E-state index contributed by atoms with van der Waals surface area (Å²) in [5.74, 6) is -0.892. The van der Waals surface area contributed by atoms with Crippen LogP contribution < -0.4 is 5.73 Å². The summed E-state index contributed by atoms with van der Waals surface area (Å²) in [6.07, 6.45) is 1.10. The molecule has 4 nitrogen and oxygen atoms in total. The average molecular weight is 210 g/mol. The molecule has 0 radical (unpaired) electrons. The summed E-state index contributed by atoms with van der Waals surface area (Å²) in [4.78, 5) is 24.4. The molecule has 0 spiro atoms. The van der Waals surface area contributed by atoms with Crippen LogP contribution in [0.25, 0.3) is 0 Å². The average Bonchev–Trinajstić information content (AvgIpc) is 2.14. The fraction of sp³-hybridized carbons (Fsp3) is 0.455. The predicted octanol–water partition coefficient (Wildman–Crippen LogP) is 0.841. The first-order valence-corrected chi connectivity index (χ1v) is 4.64. The zero-order valence-electron chi connectivity index (χ0n) is 9.54. The van der Waals surface area contributed by atoms with Gasteiger partial charge in [-0.15, -0.1) is 0 Å². The highest BCUT2D eigenvalue weighted by Crippen LogP contribution is 2.16. The van der Waals surface area contributed by atoms with E-state index in [9.17, 15) is 9.59 Å². The number of imide groups is 1. The van der Waals surface area contributed by atoms with E-state index in [1.807, 2.05) is 0 Å². The van der Waals surface area contributed by atoms with Gasteiger partial charge < -0.3 is 5.73 Å². The number of carbonyl (C=O) groups is 2. The topological polar surface area (TPSA) is 63.4 Å². The molecule has 0 rings (SSSR count). The van der Waals surface area contributed by atoms with Gasteiger partial charge in [0, 0.05) is 17.7 Å². The molecular formula is C11H18N2O2. The smallest absolute Gasteiger partial charge is 0.257 e. The van der Waals surface area contributed by atoms with E-state index in [-0.39, 0.29) is 12.1 Å². The third-order valence-corrected chi connectivity index (χ3v) is 1.82. The Morgan fingerprint density at radius 2 is 1.87 bits per heavy atom. The van der Waals surface area contributed by atoms with Gasteiger partial charge in [0.1, 0.15) is 0 Å². The molecule has 0 aromatic rings. The van der Waals surface area contributed by atoms with Crippen LogP contribution in [0.2, 0.25) is 0 Å². The lowest BCUT2D eigenvalue weighted by Crippen LogP contribution is -2.49. The van der Waals surface area contributed by atoms with E-state index in [1.54, 1.807) is 20.8 Å². The quantitative estimate of drug-likeness (QED) is 0.702. The van der Waals surface area contributed by atoms with Crippen LogP contribution in [0, 0.1) is 0 Å². The summed E-state index contributed by atoms with van der Waals surface area (Å²) in [7, 11) is 0. The predicted molar refractivity (Wildman–Crippen MR) is 60.0 cm³/mol. The molecule has 4 heteroatoms. The van der Waals surface area contributed by atoms with Crippen LogP contribution in [0.15, 0.2) is 24.8 Å². The molecule has 0 fully saturated rings. The number of carbonyl (C=O) groups excluding carboxylic acids is 2. The van der Waals surface area contributed by atoms with Gasteiger partial charge in [-0.1, -0.05) is 13.2 Å². The Bertz CT molecular complexity index is 300. The van der Waals surface area contributed by atoms with Crippen LogP contribution in [0.4, 0.5) is 0 Å². The number of nitrogens with two attached hydrogens (primary N) is 1. The molecule has 0 aliphatic heterocycles. The van der Waals surface area contributed by atoms with Gasteiger partial charge in [0.25, 0.3) is 11.8 Å². The van der Waals surface area contributed by atoms with E-state index in [0.29, 0.717) is 0 Å². The fourth-order valence-electron chi connectivity index (χ4n) is 1.07. The van der Waals surface area contributed by atoms with E-state index in [0.717, 1.165) is 11.0 Å². The van der Waals surface area contributed by atoms with Crippen LogP contribution in [0.3, 0.4) is 0 Å². The molecular weight excluding hydrogens is 192 g/mol. The van der Waals surface area contributed by atoms with E-state index < -0.39 is 17.4 Å². The summed E-state index contributed by atoms with van der Waals surface area (Å²) in [5.41, 5.74) is 4.91. The monoisotopic (exact) mass is 210 g/mol. The van der Waals surface area contributed by atoms with Crippen LogP contribution in [0.5, 0.6) is 0 Å². The van der Waals surface area contributed by atoms with Crippen molar-refractivity contribution in [2.75, 3.05) is 6.54 Å². The van der Waals surface area contributed by atoms with E-state index in [4.69, 9.17) is 5.73 Å². The molecule has 2 amide bonds. The Morgan fingerprint density at radius 1 is 1.40 bits per heavy atom. The summed E-state index contributed by atoms with van der Waals surface area (Å²) < 4.78 is 0. The molecule has 0 heterocycles. The Hall–Kier alpha value is -1.42. The van der Waals surface area contributed by atoms with Crippen molar-refractivity contribution in [3.05, 3.63) is 24.8 Å². The SMILES string of the molecule is C=CC(=O)N(C(=O)C(=C)CN)C(C)(C)C. The second-order valence-electron chi connectivity index (χ2n) is 4.16. The molecule has 0 atom stereocenters. The summed E-state index contributed by atoms with van der Waals surface area (Å²) >= 11 is 0. The van der Waals surface area contributed by atoms with Gasteiger partial charge in [0.15, 0.2) is 0 Å². The maximum absolute atomic E-state index is 11.8. The van der Waals surface area contributed by atoms with E-state index >= 15 is 0 Å². The Kier molecular flexibility index (Phi) is 4.42. The molecule has 0 saturated carbocycles. The zero-order valence-corrected chi connectivity index (χ0v) is 9.54. The molecule has 0 aliphatic carbocycles. The Morgan fingerprint density at radius 3 is 2.13 bits per heavy atom. The number of hydrogen-bond donors (Lipinski definition) is 1. The molecule has 0 aliphatic rings. The lowest BCUT2D eigenvalue weighted by atomic mass is 10.0. The lowest BCUT2D eigenvalue weighted by molar-refractivity contribution is -0.144. The molecule has 0 bridgehead atoms. The first-order valence-electron chi connectivity index (χ1n) is 4.64. The Labute approximate surface area is 90.4 Å². The van der Waals surface area contributed by atoms with Gasteiger partial charge in [-0.05, 0) is 26.8 Å². The minimum Gasteiger partial charge on any atom is -0.326 e. The standard InChI is InChI=1S/C11H18N2O2/c1-6-9(14)13(11(3,4)5)10(15)8(2)7-12/h6H,1-2,7,12H2,3-5H3. The Balaban J connectivity index is 5.13. The molecule has 15 heavy (non-hydrogen) atoms. The molecule has 0 unspecified atom stereocenters. The third kappa shape index (κ3) is 3.32. The normalized spacial score (nSPS) is 10.7. The highest BCUT2D eigenvalue weighted by molar-refractivity contribution is 6.08.